The molecule has 42 heavy (non-hydrogen) atoms. The summed E-state index contributed by atoms with van der Waals surface area (Å²) in [6.07, 6.45) is 3.48. The van der Waals surface area contributed by atoms with E-state index < -0.39 is 33.3 Å². The number of alkyl carbamates (subject to hydrolysis) is 1. The Kier molecular flexibility index (Phi) is 10.2. The van der Waals surface area contributed by atoms with E-state index in [1.54, 1.807) is 52.1 Å². The lowest BCUT2D eigenvalue weighted by Crippen LogP contribution is -2.35. The van der Waals surface area contributed by atoms with Crippen molar-refractivity contribution >= 4 is 39.3 Å². The highest BCUT2D eigenvalue weighted by Gasteiger charge is 2.22. The molecule has 0 unspecified atom stereocenters. The number of aromatic nitrogens is 2. The average molecular weight is 598 g/mol. The minimum Gasteiger partial charge on any atom is -0.492 e. The molecular formula is C29H35N5O7S. The number of hydrogen-bond donors (Lipinski definition) is 3. The molecule has 0 aliphatic carbocycles. The number of pyridine rings is 2. The molecule has 3 N–H and O–H groups in total. The molecule has 0 aliphatic rings. The summed E-state index contributed by atoms with van der Waals surface area (Å²) in [6.45, 7) is 9.20. The lowest BCUT2D eigenvalue weighted by atomic mass is 10.1. The Hall–Kier alpha value is -4.52. The van der Waals surface area contributed by atoms with Gasteiger partial charge in [0.05, 0.1) is 22.8 Å². The van der Waals surface area contributed by atoms with Crippen molar-refractivity contribution in [1.82, 2.24) is 15.3 Å². The van der Waals surface area contributed by atoms with Crippen LogP contribution >= 0.6 is 0 Å². The maximum atomic E-state index is 13.4. The van der Waals surface area contributed by atoms with E-state index in [-0.39, 0.29) is 46.7 Å². The molecule has 0 bridgehead atoms. The fourth-order valence-corrected chi connectivity index (χ4v) is 4.13. The van der Waals surface area contributed by atoms with Crippen LogP contribution in [-0.2, 0) is 14.6 Å². The van der Waals surface area contributed by atoms with Crippen LogP contribution in [0.1, 0.15) is 54.1 Å². The summed E-state index contributed by atoms with van der Waals surface area (Å²) in [4.78, 5) is 46.5. The molecule has 13 heteroatoms. The van der Waals surface area contributed by atoms with E-state index in [0.29, 0.717) is 5.82 Å². The number of amides is 3. The summed E-state index contributed by atoms with van der Waals surface area (Å²) in [6, 6.07) is 10.4. The van der Waals surface area contributed by atoms with Gasteiger partial charge in [-0.1, -0.05) is 13.0 Å². The first-order valence-corrected chi connectivity index (χ1v) is 15.0. The van der Waals surface area contributed by atoms with Gasteiger partial charge in [0.2, 0.25) is 0 Å². The minimum atomic E-state index is -3.61. The van der Waals surface area contributed by atoms with Gasteiger partial charge in [0.1, 0.15) is 17.2 Å². The van der Waals surface area contributed by atoms with Gasteiger partial charge in [0, 0.05) is 31.1 Å². The Morgan fingerprint density at radius 3 is 2.38 bits per heavy atom. The highest BCUT2D eigenvalue weighted by atomic mass is 32.2. The molecule has 0 radical (unpaired) electrons. The molecule has 2 aromatic heterocycles. The highest BCUT2D eigenvalue weighted by Crippen LogP contribution is 2.26. The van der Waals surface area contributed by atoms with Gasteiger partial charge in [-0.3, -0.25) is 9.59 Å². The quantitative estimate of drug-likeness (QED) is 0.310. The number of benzene rings is 1. The number of ether oxygens (including phenoxy) is 2. The number of anilines is 2. The predicted molar refractivity (Wildman–Crippen MR) is 158 cm³/mol. The van der Waals surface area contributed by atoms with Crippen molar-refractivity contribution in [3.05, 3.63) is 71.7 Å². The van der Waals surface area contributed by atoms with Crippen LogP contribution < -0.4 is 20.7 Å². The summed E-state index contributed by atoms with van der Waals surface area (Å²) >= 11 is 0. The second-order valence-electron chi connectivity index (χ2n) is 10.8. The zero-order chi connectivity index (χ0) is 31.1. The van der Waals surface area contributed by atoms with Crippen LogP contribution in [0.3, 0.4) is 0 Å². The van der Waals surface area contributed by atoms with Gasteiger partial charge in [-0.05, 0) is 69.7 Å². The first-order chi connectivity index (χ1) is 19.6. The van der Waals surface area contributed by atoms with Gasteiger partial charge < -0.3 is 25.4 Å². The summed E-state index contributed by atoms with van der Waals surface area (Å²) < 4.78 is 35.5. The smallest absolute Gasteiger partial charge is 0.407 e. The lowest BCUT2D eigenvalue weighted by Gasteiger charge is -2.21. The Morgan fingerprint density at radius 1 is 1.00 bits per heavy atom. The third kappa shape index (κ3) is 9.54. The van der Waals surface area contributed by atoms with Gasteiger partial charge in [0.15, 0.2) is 15.5 Å². The molecule has 0 aliphatic heterocycles. The standard InChI is InChI=1S/C29H35N5O7S/c1-18-9-12-24(31-15-18)34-27(36)25-22(8-7-13-30-25)33-26(35)21-11-10-20(42(6,38)39)14-23(21)40-17-19(2)16-32-28(37)41-29(3,4)5/h7-15,19H,16-17H2,1-6H3,(H,32,37)(H,33,35)(H,31,34,36)/t19-/m1/s1. The molecule has 224 valence electrons. The molecule has 12 nitrogen and oxygen atoms in total. The summed E-state index contributed by atoms with van der Waals surface area (Å²) in [5, 5.41) is 7.96. The minimum absolute atomic E-state index is 0.0123. The third-order valence-electron chi connectivity index (χ3n) is 5.57. The molecule has 0 spiro atoms. The third-order valence-corrected chi connectivity index (χ3v) is 6.68. The van der Waals surface area contributed by atoms with Crippen LogP contribution in [0.5, 0.6) is 5.75 Å². The number of hydrogen-bond acceptors (Lipinski definition) is 9. The lowest BCUT2D eigenvalue weighted by molar-refractivity contribution is 0.0516. The highest BCUT2D eigenvalue weighted by molar-refractivity contribution is 7.90. The zero-order valence-electron chi connectivity index (χ0n) is 24.3. The summed E-state index contributed by atoms with van der Waals surface area (Å²) in [5.41, 5.74) is 0.382. The SMILES string of the molecule is Cc1ccc(NC(=O)c2ncccc2NC(=O)c2ccc(S(C)(=O)=O)cc2OC[C@H](C)CNC(=O)OC(C)(C)C)nc1. The fraction of sp³-hybridized carbons (Fsp3) is 0.345. The van der Waals surface area contributed by atoms with Crippen LogP contribution in [0.25, 0.3) is 0 Å². The Bertz CT molecular complexity index is 1550. The van der Waals surface area contributed by atoms with Crippen molar-refractivity contribution in [2.75, 3.05) is 30.0 Å². The summed E-state index contributed by atoms with van der Waals surface area (Å²) in [7, 11) is -3.61. The Balaban J connectivity index is 1.78. The van der Waals surface area contributed by atoms with Crippen molar-refractivity contribution in [3.8, 4) is 5.75 Å². The maximum Gasteiger partial charge on any atom is 0.407 e. The predicted octanol–water partition coefficient (Wildman–Crippen LogP) is 4.23. The van der Waals surface area contributed by atoms with Crippen molar-refractivity contribution in [2.45, 2.75) is 45.1 Å². The number of carbonyl (C=O) groups excluding carboxylic acids is 3. The molecule has 2 heterocycles. The van der Waals surface area contributed by atoms with Crippen LogP contribution in [-0.4, -0.2) is 61.3 Å². The number of carbonyl (C=O) groups is 3. The maximum absolute atomic E-state index is 13.4. The Morgan fingerprint density at radius 2 is 1.74 bits per heavy atom. The number of aryl methyl sites for hydroxylation is 1. The molecule has 0 saturated carbocycles. The second-order valence-corrected chi connectivity index (χ2v) is 12.8. The largest absolute Gasteiger partial charge is 0.492 e. The van der Waals surface area contributed by atoms with Crippen molar-refractivity contribution in [3.63, 3.8) is 0 Å². The van der Waals surface area contributed by atoms with Crippen LogP contribution in [0.15, 0.2) is 59.8 Å². The van der Waals surface area contributed by atoms with Gasteiger partial charge in [-0.15, -0.1) is 0 Å². The van der Waals surface area contributed by atoms with E-state index in [1.165, 1.54) is 30.5 Å². The molecule has 0 fully saturated rings. The summed E-state index contributed by atoms with van der Waals surface area (Å²) in [5.74, 6) is -1.13. The van der Waals surface area contributed by atoms with E-state index >= 15 is 0 Å². The van der Waals surface area contributed by atoms with E-state index in [2.05, 4.69) is 25.9 Å². The second kappa shape index (κ2) is 13.4. The molecule has 1 aromatic carbocycles. The van der Waals surface area contributed by atoms with E-state index in [9.17, 15) is 22.8 Å². The van der Waals surface area contributed by atoms with Crippen molar-refractivity contribution in [2.24, 2.45) is 5.92 Å². The fourth-order valence-electron chi connectivity index (χ4n) is 3.50. The monoisotopic (exact) mass is 597 g/mol. The van der Waals surface area contributed by atoms with Crippen LogP contribution in [0.2, 0.25) is 0 Å². The number of rotatable bonds is 10. The van der Waals surface area contributed by atoms with Crippen molar-refractivity contribution in [1.29, 1.82) is 0 Å². The molecule has 0 saturated heterocycles. The molecular weight excluding hydrogens is 562 g/mol. The number of nitrogens with one attached hydrogen (secondary N) is 3. The number of nitrogens with zero attached hydrogens (tertiary/aromatic N) is 2. The van der Waals surface area contributed by atoms with Gasteiger partial charge in [0.25, 0.3) is 11.8 Å². The van der Waals surface area contributed by atoms with E-state index in [0.717, 1.165) is 11.8 Å². The van der Waals surface area contributed by atoms with Gasteiger partial charge in [-0.25, -0.2) is 23.2 Å². The molecule has 3 amide bonds. The Labute approximate surface area is 245 Å². The molecule has 3 aromatic rings. The van der Waals surface area contributed by atoms with Gasteiger partial charge >= 0.3 is 6.09 Å². The first kappa shape index (κ1) is 32.0. The molecule has 1 atom stereocenters. The van der Waals surface area contributed by atoms with Crippen molar-refractivity contribution < 1.29 is 32.3 Å². The molecule has 3 rings (SSSR count). The van der Waals surface area contributed by atoms with Gasteiger partial charge in [-0.2, -0.15) is 0 Å². The van der Waals surface area contributed by atoms with Crippen LogP contribution in [0, 0.1) is 12.8 Å². The van der Waals surface area contributed by atoms with E-state index in [4.69, 9.17) is 9.47 Å². The zero-order valence-corrected chi connectivity index (χ0v) is 25.2. The average Bonchev–Trinajstić information content (AvgIpc) is 2.90. The first-order valence-electron chi connectivity index (χ1n) is 13.1. The normalized spacial score (nSPS) is 12.1. The van der Waals surface area contributed by atoms with Crippen LogP contribution in [0.4, 0.5) is 16.3 Å². The number of sulfone groups is 1. The van der Waals surface area contributed by atoms with E-state index in [1.807, 2.05) is 6.92 Å². The topological polar surface area (TPSA) is 166 Å².